The molecule has 17 heavy (non-hydrogen) atoms. The van der Waals surface area contributed by atoms with Gasteiger partial charge in [-0.25, -0.2) is 8.78 Å². The van der Waals surface area contributed by atoms with Crippen LogP contribution < -0.4 is 0 Å². The van der Waals surface area contributed by atoms with Gasteiger partial charge in [-0.2, -0.15) is 0 Å². The molecule has 0 N–H and O–H groups in total. The van der Waals surface area contributed by atoms with Crippen molar-refractivity contribution >= 4 is 40.1 Å². The number of benzene rings is 1. The SMILES string of the molecule is O=C(c1ccc(I)cc1)N(CCCl)CC(F)F. The van der Waals surface area contributed by atoms with Gasteiger partial charge in [-0.3, -0.25) is 4.79 Å². The summed E-state index contributed by atoms with van der Waals surface area (Å²) in [5.41, 5.74) is 0.399. The van der Waals surface area contributed by atoms with Crippen LogP contribution >= 0.6 is 34.2 Å². The molecule has 0 aliphatic rings. The predicted molar refractivity (Wildman–Crippen MR) is 71.8 cm³/mol. The molecule has 0 aliphatic heterocycles. The number of hydrogen-bond acceptors (Lipinski definition) is 1. The summed E-state index contributed by atoms with van der Waals surface area (Å²) in [7, 11) is 0. The number of amides is 1. The summed E-state index contributed by atoms with van der Waals surface area (Å²) >= 11 is 7.60. The largest absolute Gasteiger partial charge is 0.332 e. The van der Waals surface area contributed by atoms with E-state index in [1.165, 1.54) is 0 Å². The fourth-order valence-corrected chi connectivity index (χ4v) is 1.88. The van der Waals surface area contributed by atoms with Crippen molar-refractivity contribution in [3.05, 3.63) is 33.4 Å². The van der Waals surface area contributed by atoms with E-state index in [2.05, 4.69) is 22.6 Å². The second kappa shape index (κ2) is 7.10. The maximum atomic E-state index is 12.3. The van der Waals surface area contributed by atoms with Crippen LogP contribution in [0.2, 0.25) is 0 Å². The molecule has 0 unspecified atom stereocenters. The minimum absolute atomic E-state index is 0.122. The molecule has 0 heterocycles. The van der Waals surface area contributed by atoms with Crippen LogP contribution in [0.4, 0.5) is 8.78 Å². The van der Waals surface area contributed by atoms with Crippen molar-refractivity contribution in [1.29, 1.82) is 0 Å². The normalized spacial score (nSPS) is 10.6. The second-order valence-corrected chi connectivity index (χ2v) is 4.96. The third-order valence-corrected chi connectivity index (χ3v) is 2.98. The molecule has 1 aromatic carbocycles. The van der Waals surface area contributed by atoms with Gasteiger partial charge < -0.3 is 4.90 Å². The topological polar surface area (TPSA) is 20.3 Å². The van der Waals surface area contributed by atoms with Crippen molar-refractivity contribution in [2.45, 2.75) is 6.43 Å². The van der Waals surface area contributed by atoms with Crippen molar-refractivity contribution in [2.24, 2.45) is 0 Å². The van der Waals surface area contributed by atoms with Crippen LogP contribution in [0, 0.1) is 3.57 Å². The van der Waals surface area contributed by atoms with Crippen molar-refractivity contribution < 1.29 is 13.6 Å². The first kappa shape index (κ1) is 14.6. The highest BCUT2D eigenvalue weighted by atomic mass is 127. The average molecular weight is 374 g/mol. The molecule has 1 amide bonds. The maximum Gasteiger partial charge on any atom is 0.255 e. The van der Waals surface area contributed by atoms with Gasteiger partial charge in [-0.05, 0) is 46.9 Å². The number of nitrogens with zero attached hydrogens (tertiary/aromatic N) is 1. The lowest BCUT2D eigenvalue weighted by molar-refractivity contribution is 0.0571. The minimum Gasteiger partial charge on any atom is -0.332 e. The summed E-state index contributed by atoms with van der Waals surface area (Å²) in [5.74, 6) is -0.273. The maximum absolute atomic E-state index is 12.3. The van der Waals surface area contributed by atoms with Gasteiger partial charge in [0.05, 0.1) is 6.54 Å². The zero-order valence-corrected chi connectivity index (χ0v) is 11.8. The molecule has 0 aromatic heterocycles. The van der Waals surface area contributed by atoms with Crippen LogP contribution in [-0.4, -0.2) is 36.2 Å². The summed E-state index contributed by atoms with van der Waals surface area (Å²) in [6.45, 7) is -0.464. The fraction of sp³-hybridized carbons (Fsp3) is 0.364. The van der Waals surface area contributed by atoms with Crippen LogP contribution in [0.25, 0.3) is 0 Å². The number of rotatable bonds is 5. The predicted octanol–water partition coefficient (Wildman–Crippen LogP) is 3.24. The first-order chi connectivity index (χ1) is 8.04. The Kier molecular flexibility index (Phi) is 6.11. The van der Waals surface area contributed by atoms with E-state index in [1.807, 2.05) is 0 Å². The Morgan fingerprint density at radius 1 is 1.35 bits per heavy atom. The molecule has 0 atom stereocenters. The third kappa shape index (κ3) is 4.75. The highest BCUT2D eigenvalue weighted by Gasteiger charge is 2.18. The fourth-order valence-electron chi connectivity index (χ4n) is 1.32. The van der Waals surface area contributed by atoms with E-state index in [-0.39, 0.29) is 12.4 Å². The van der Waals surface area contributed by atoms with E-state index in [4.69, 9.17) is 11.6 Å². The smallest absolute Gasteiger partial charge is 0.255 e. The minimum atomic E-state index is -2.55. The number of halogens is 4. The van der Waals surface area contributed by atoms with Gasteiger partial charge in [0.2, 0.25) is 0 Å². The molecule has 0 radical (unpaired) electrons. The Morgan fingerprint density at radius 3 is 2.41 bits per heavy atom. The molecule has 1 rings (SSSR count). The molecule has 0 fully saturated rings. The third-order valence-electron chi connectivity index (χ3n) is 2.09. The molecule has 0 saturated heterocycles. The van der Waals surface area contributed by atoms with Gasteiger partial charge >= 0.3 is 0 Å². The highest BCUT2D eigenvalue weighted by Crippen LogP contribution is 2.11. The van der Waals surface area contributed by atoms with Crippen LogP contribution in [0.1, 0.15) is 10.4 Å². The van der Waals surface area contributed by atoms with E-state index < -0.39 is 18.9 Å². The van der Waals surface area contributed by atoms with Gasteiger partial charge in [-0.1, -0.05) is 0 Å². The van der Waals surface area contributed by atoms with Crippen molar-refractivity contribution in [1.82, 2.24) is 4.90 Å². The lowest BCUT2D eigenvalue weighted by Gasteiger charge is -2.21. The van der Waals surface area contributed by atoms with Crippen LogP contribution in [0.5, 0.6) is 0 Å². The molecule has 0 spiro atoms. The highest BCUT2D eigenvalue weighted by molar-refractivity contribution is 14.1. The van der Waals surface area contributed by atoms with E-state index in [0.29, 0.717) is 5.56 Å². The summed E-state index contributed by atoms with van der Waals surface area (Å²) in [4.78, 5) is 13.0. The van der Waals surface area contributed by atoms with Gasteiger partial charge in [0.1, 0.15) is 0 Å². The van der Waals surface area contributed by atoms with Crippen molar-refractivity contribution in [3.8, 4) is 0 Å². The van der Waals surface area contributed by atoms with E-state index in [0.717, 1.165) is 8.47 Å². The molecule has 1 aromatic rings. The van der Waals surface area contributed by atoms with E-state index >= 15 is 0 Å². The van der Waals surface area contributed by atoms with Crippen LogP contribution in [-0.2, 0) is 0 Å². The molecular weight excluding hydrogens is 362 g/mol. The van der Waals surface area contributed by atoms with E-state index in [1.54, 1.807) is 24.3 Å². The Balaban J connectivity index is 2.79. The van der Waals surface area contributed by atoms with Gasteiger partial charge in [-0.15, -0.1) is 11.6 Å². The zero-order valence-electron chi connectivity index (χ0n) is 8.88. The molecule has 94 valence electrons. The van der Waals surface area contributed by atoms with Crippen LogP contribution in [0.15, 0.2) is 24.3 Å². The van der Waals surface area contributed by atoms with Gasteiger partial charge in [0.25, 0.3) is 12.3 Å². The molecular formula is C11H11ClF2INO. The molecule has 0 saturated carbocycles. The number of carbonyl (C=O) groups is 1. The summed E-state index contributed by atoms with van der Waals surface area (Å²) in [6.07, 6.45) is -2.55. The number of hydrogen-bond donors (Lipinski definition) is 0. The van der Waals surface area contributed by atoms with Gasteiger partial charge in [0.15, 0.2) is 0 Å². The Labute approximate surface area is 117 Å². The molecule has 6 heteroatoms. The summed E-state index contributed by atoms with van der Waals surface area (Å²) in [6, 6.07) is 6.76. The number of alkyl halides is 3. The lowest BCUT2D eigenvalue weighted by atomic mass is 10.2. The van der Waals surface area contributed by atoms with Gasteiger partial charge in [0, 0.05) is 21.6 Å². The van der Waals surface area contributed by atoms with Crippen molar-refractivity contribution in [3.63, 3.8) is 0 Å². The Bertz CT molecular complexity index is 372. The second-order valence-electron chi connectivity index (χ2n) is 3.34. The zero-order chi connectivity index (χ0) is 12.8. The first-order valence-electron chi connectivity index (χ1n) is 4.93. The molecule has 0 bridgehead atoms. The Hall–Kier alpha value is -0.430. The average Bonchev–Trinajstić information content (AvgIpc) is 2.28. The van der Waals surface area contributed by atoms with Crippen molar-refractivity contribution in [2.75, 3.05) is 19.0 Å². The molecule has 0 aliphatic carbocycles. The standard InChI is InChI=1S/C11H11ClF2INO/c12-5-6-16(7-10(13)14)11(17)8-1-3-9(15)4-2-8/h1-4,10H,5-7H2. The summed E-state index contributed by atoms with van der Waals surface area (Å²) in [5, 5.41) is 0. The molecule has 2 nitrogen and oxygen atoms in total. The number of carbonyl (C=O) groups excluding carboxylic acids is 1. The Morgan fingerprint density at radius 2 is 1.94 bits per heavy atom. The monoisotopic (exact) mass is 373 g/mol. The summed E-state index contributed by atoms with van der Waals surface area (Å²) < 4.78 is 25.6. The quantitative estimate of drug-likeness (QED) is 0.573. The van der Waals surface area contributed by atoms with E-state index in [9.17, 15) is 13.6 Å². The lowest BCUT2D eigenvalue weighted by Crippen LogP contribution is -2.36. The first-order valence-corrected chi connectivity index (χ1v) is 6.55. The van der Waals surface area contributed by atoms with Crippen LogP contribution in [0.3, 0.4) is 0 Å².